The molecule has 1 aliphatic heterocycles. The van der Waals surface area contributed by atoms with Crippen molar-refractivity contribution in [2.45, 2.75) is 0 Å². The van der Waals surface area contributed by atoms with Gasteiger partial charge in [0.05, 0.1) is 21.8 Å². The molecule has 0 saturated carbocycles. The lowest BCUT2D eigenvalue weighted by molar-refractivity contribution is 0.0926. The Hall–Kier alpha value is -2.40. The molecule has 0 aliphatic carbocycles. The molecule has 2 amide bonds. The zero-order chi connectivity index (χ0) is 14.4. The molecule has 0 unspecified atom stereocenters. The summed E-state index contributed by atoms with van der Waals surface area (Å²) >= 11 is 5.95. The third-order valence-electron chi connectivity index (χ3n) is 3.10. The van der Waals surface area contributed by atoms with Crippen LogP contribution in [-0.2, 0) is 0 Å². The summed E-state index contributed by atoms with van der Waals surface area (Å²) in [6, 6.07) is 8.09. The van der Waals surface area contributed by atoms with Gasteiger partial charge in [0.1, 0.15) is 5.82 Å². The van der Waals surface area contributed by atoms with E-state index in [4.69, 9.17) is 17.3 Å². The Bertz CT molecular complexity index is 761. The minimum atomic E-state index is -0.601. The Morgan fingerprint density at radius 2 is 1.85 bits per heavy atom. The molecule has 0 fully saturated rings. The summed E-state index contributed by atoms with van der Waals surface area (Å²) in [5, 5.41) is 0.111. The number of nitrogen functional groups attached to an aromatic ring is 1. The number of anilines is 2. The van der Waals surface area contributed by atoms with E-state index in [0.717, 1.165) is 17.0 Å². The second-order valence-electron chi connectivity index (χ2n) is 4.31. The highest BCUT2D eigenvalue weighted by molar-refractivity contribution is 6.40. The van der Waals surface area contributed by atoms with Crippen LogP contribution in [-0.4, -0.2) is 11.8 Å². The maximum atomic E-state index is 13.3. The lowest BCUT2D eigenvalue weighted by Gasteiger charge is -2.15. The minimum absolute atomic E-state index is 0.0114. The first-order chi connectivity index (χ1) is 9.50. The fraction of sp³-hybridized carbons (Fsp3) is 0. The van der Waals surface area contributed by atoms with Crippen LogP contribution in [0.4, 0.5) is 15.8 Å². The first-order valence-corrected chi connectivity index (χ1v) is 6.11. The van der Waals surface area contributed by atoms with Gasteiger partial charge in [-0.2, -0.15) is 0 Å². The number of imide groups is 1. The van der Waals surface area contributed by atoms with Crippen LogP contribution >= 0.6 is 11.6 Å². The number of amides is 2. The van der Waals surface area contributed by atoms with Crippen molar-refractivity contribution < 1.29 is 14.0 Å². The Balaban J connectivity index is 2.19. The van der Waals surface area contributed by atoms with Crippen LogP contribution in [0.5, 0.6) is 0 Å². The van der Waals surface area contributed by atoms with E-state index in [1.54, 1.807) is 6.07 Å². The lowest BCUT2D eigenvalue weighted by Crippen LogP contribution is -2.29. The number of benzene rings is 2. The first-order valence-electron chi connectivity index (χ1n) is 5.73. The molecule has 2 N–H and O–H groups in total. The molecule has 3 rings (SSSR count). The predicted molar refractivity (Wildman–Crippen MR) is 73.4 cm³/mol. The number of carbonyl (C=O) groups excluding carboxylic acids is 2. The molecule has 0 radical (unpaired) electrons. The summed E-state index contributed by atoms with van der Waals surface area (Å²) in [5.41, 5.74) is 6.25. The monoisotopic (exact) mass is 290 g/mol. The third-order valence-corrected chi connectivity index (χ3v) is 3.42. The van der Waals surface area contributed by atoms with E-state index in [-0.39, 0.29) is 27.5 Å². The summed E-state index contributed by atoms with van der Waals surface area (Å²) in [6.45, 7) is 0. The smallest absolute Gasteiger partial charge is 0.268 e. The average molecular weight is 291 g/mol. The van der Waals surface area contributed by atoms with Gasteiger partial charge in [0.2, 0.25) is 0 Å². The summed E-state index contributed by atoms with van der Waals surface area (Å²) < 4.78 is 13.3. The largest absolute Gasteiger partial charge is 0.398 e. The van der Waals surface area contributed by atoms with Crippen molar-refractivity contribution in [3.05, 3.63) is 58.4 Å². The van der Waals surface area contributed by atoms with E-state index in [9.17, 15) is 14.0 Å². The van der Waals surface area contributed by atoms with Gasteiger partial charge in [0, 0.05) is 5.69 Å². The maximum Gasteiger partial charge on any atom is 0.268 e. The van der Waals surface area contributed by atoms with Crippen LogP contribution in [0.25, 0.3) is 0 Å². The lowest BCUT2D eigenvalue weighted by atomic mass is 10.1. The molecular formula is C14H8ClFN2O2. The van der Waals surface area contributed by atoms with E-state index >= 15 is 0 Å². The van der Waals surface area contributed by atoms with Crippen LogP contribution < -0.4 is 10.6 Å². The molecule has 0 bridgehead atoms. The number of rotatable bonds is 1. The molecule has 2 aromatic carbocycles. The van der Waals surface area contributed by atoms with E-state index < -0.39 is 17.6 Å². The van der Waals surface area contributed by atoms with Crippen molar-refractivity contribution in [2.75, 3.05) is 10.6 Å². The molecule has 20 heavy (non-hydrogen) atoms. The number of halogens is 2. The van der Waals surface area contributed by atoms with Crippen molar-refractivity contribution in [3.63, 3.8) is 0 Å². The van der Waals surface area contributed by atoms with Gasteiger partial charge in [-0.1, -0.05) is 17.7 Å². The van der Waals surface area contributed by atoms with E-state index in [1.165, 1.54) is 18.2 Å². The zero-order valence-electron chi connectivity index (χ0n) is 10.1. The van der Waals surface area contributed by atoms with E-state index in [0.29, 0.717) is 0 Å². The van der Waals surface area contributed by atoms with Gasteiger partial charge in [0.25, 0.3) is 11.8 Å². The number of hydrogen-bond donors (Lipinski definition) is 1. The molecule has 0 aromatic heterocycles. The van der Waals surface area contributed by atoms with E-state index in [2.05, 4.69) is 0 Å². The zero-order valence-corrected chi connectivity index (χ0v) is 10.8. The summed E-state index contributed by atoms with van der Waals surface area (Å²) in [6.07, 6.45) is 0. The maximum absolute atomic E-state index is 13.3. The van der Waals surface area contributed by atoms with Crippen molar-refractivity contribution in [1.82, 2.24) is 0 Å². The van der Waals surface area contributed by atoms with Gasteiger partial charge in [-0.05, 0) is 30.3 Å². The molecular weight excluding hydrogens is 283 g/mol. The molecule has 0 spiro atoms. The number of hydrogen-bond acceptors (Lipinski definition) is 3. The Morgan fingerprint density at radius 3 is 2.55 bits per heavy atom. The van der Waals surface area contributed by atoms with Gasteiger partial charge >= 0.3 is 0 Å². The molecule has 100 valence electrons. The SMILES string of the molecule is Nc1cccc2c1C(=O)N(c1cc(F)ccc1Cl)C2=O. The van der Waals surface area contributed by atoms with Gasteiger partial charge < -0.3 is 5.73 Å². The second kappa shape index (κ2) is 4.31. The molecule has 2 aromatic rings. The minimum Gasteiger partial charge on any atom is -0.398 e. The average Bonchev–Trinajstić information content (AvgIpc) is 2.66. The fourth-order valence-corrected chi connectivity index (χ4v) is 2.39. The van der Waals surface area contributed by atoms with Crippen LogP contribution in [0.15, 0.2) is 36.4 Å². The quantitative estimate of drug-likeness (QED) is 0.649. The van der Waals surface area contributed by atoms with Crippen LogP contribution in [0, 0.1) is 5.82 Å². The van der Waals surface area contributed by atoms with E-state index in [1.807, 2.05) is 0 Å². The molecule has 6 heteroatoms. The summed E-state index contributed by atoms with van der Waals surface area (Å²) in [4.78, 5) is 25.5. The second-order valence-corrected chi connectivity index (χ2v) is 4.72. The van der Waals surface area contributed by atoms with Gasteiger partial charge in [0.15, 0.2) is 0 Å². The summed E-state index contributed by atoms with van der Waals surface area (Å²) in [7, 11) is 0. The Kier molecular flexibility index (Phi) is 2.72. The van der Waals surface area contributed by atoms with Gasteiger partial charge in [-0.25, -0.2) is 9.29 Å². The predicted octanol–water partition coefficient (Wildman–Crippen LogP) is 2.86. The number of fused-ring (bicyclic) bond motifs is 1. The normalized spacial score (nSPS) is 13.8. The highest BCUT2D eigenvalue weighted by Crippen LogP contribution is 2.35. The third kappa shape index (κ3) is 1.67. The molecule has 0 atom stereocenters. The number of nitrogens with zero attached hydrogens (tertiary/aromatic N) is 1. The molecule has 0 saturated heterocycles. The van der Waals surface area contributed by atoms with Crippen LogP contribution in [0.1, 0.15) is 20.7 Å². The topological polar surface area (TPSA) is 63.4 Å². The molecule has 1 heterocycles. The van der Waals surface area contributed by atoms with Crippen molar-refractivity contribution >= 4 is 34.8 Å². The Labute approximate surface area is 118 Å². The standard InChI is InChI=1S/C14H8ClFN2O2/c15-9-5-4-7(16)6-11(9)18-13(19)8-2-1-3-10(17)12(8)14(18)20/h1-6H,17H2. The van der Waals surface area contributed by atoms with Crippen LogP contribution in [0.2, 0.25) is 5.02 Å². The number of carbonyl (C=O) groups is 2. The van der Waals surface area contributed by atoms with Crippen molar-refractivity contribution in [1.29, 1.82) is 0 Å². The fourth-order valence-electron chi connectivity index (χ4n) is 2.19. The highest BCUT2D eigenvalue weighted by atomic mass is 35.5. The van der Waals surface area contributed by atoms with Gasteiger partial charge in [-0.3, -0.25) is 9.59 Å². The van der Waals surface area contributed by atoms with Crippen molar-refractivity contribution in [3.8, 4) is 0 Å². The van der Waals surface area contributed by atoms with Crippen LogP contribution in [0.3, 0.4) is 0 Å². The molecule has 1 aliphatic rings. The highest BCUT2D eigenvalue weighted by Gasteiger charge is 2.39. The first kappa shape index (κ1) is 12.6. The van der Waals surface area contributed by atoms with Gasteiger partial charge in [-0.15, -0.1) is 0 Å². The molecule has 4 nitrogen and oxygen atoms in total. The van der Waals surface area contributed by atoms with Crippen molar-refractivity contribution in [2.24, 2.45) is 0 Å². The summed E-state index contributed by atoms with van der Waals surface area (Å²) in [5.74, 6) is -1.76. The number of nitrogens with two attached hydrogens (primary N) is 1. The Morgan fingerprint density at radius 1 is 1.10 bits per heavy atom.